The molecule has 156 valence electrons. The molecule has 0 radical (unpaired) electrons. The molecule has 11 heteroatoms. The van der Waals surface area contributed by atoms with E-state index in [4.69, 9.17) is 4.42 Å². The van der Waals surface area contributed by atoms with E-state index >= 15 is 0 Å². The summed E-state index contributed by atoms with van der Waals surface area (Å²) in [5.74, 6) is -0.851. The molecule has 0 saturated carbocycles. The molecule has 30 heavy (non-hydrogen) atoms. The maximum Gasteiger partial charge on any atom is 0.418 e. The first-order valence-corrected chi connectivity index (χ1v) is 9.51. The van der Waals surface area contributed by atoms with Gasteiger partial charge in [-0.25, -0.2) is 0 Å². The molecular weight excluding hydrogens is 421 g/mol. The summed E-state index contributed by atoms with van der Waals surface area (Å²) in [5.41, 5.74) is -0.0320. The minimum Gasteiger partial charge on any atom is -0.411 e. The van der Waals surface area contributed by atoms with E-state index in [2.05, 4.69) is 20.8 Å². The molecule has 0 fully saturated rings. The highest BCUT2D eigenvalue weighted by Crippen LogP contribution is 2.34. The van der Waals surface area contributed by atoms with Crippen molar-refractivity contribution in [1.82, 2.24) is 10.2 Å². The number of para-hydroxylation sites is 1. The lowest BCUT2D eigenvalue weighted by atomic mass is 10.1. The van der Waals surface area contributed by atoms with Gasteiger partial charge < -0.3 is 15.1 Å². The number of alkyl halides is 3. The van der Waals surface area contributed by atoms with Gasteiger partial charge in [-0.3, -0.25) is 9.59 Å². The van der Waals surface area contributed by atoms with Gasteiger partial charge in [-0.15, -0.1) is 10.2 Å². The molecule has 0 aliphatic rings. The maximum absolute atomic E-state index is 13.0. The summed E-state index contributed by atoms with van der Waals surface area (Å²) in [6.07, 6.45) is -4.58. The fourth-order valence-electron chi connectivity index (χ4n) is 2.44. The van der Waals surface area contributed by atoms with Crippen molar-refractivity contribution in [1.29, 1.82) is 0 Å². The summed E-state index contributed by atoms with van der Waals surface area (Å²) in [6, 6.07) is 11.4. The van der Waals surface area contributed by atoms with Crippen LogP contribution in [-0.2, 0) is 15.8 Å². The Hall–Kier alpha value is -3.34. The van der Waals surface area contributed by atoms with Gasteiger partial charge in [-0.1, -0.05) is 23.9 Å². The Kier molecular flexibility index (Phi) is 6.40. The van der Waals surface area contributed by atoms with E-state index in [0.717, 1.165) is 17.8 Å². The van der Waals surface area contributed by atoms with Gasteiger partial charge in [0, 0.05) is 18.2 Å². The Morgan fingerprint density at radius 2 is 1.73 bits per heavy atom. The highest BCUT2D eigenvalue weighted by Gasteiger charge is 2.33. The van der Waals surface area contributed by atoms with E-state index in [9.17, 15) is 22.8 Å². The summed E-state index contributed by atoms with van der Waals surface area (Å²) in [7, 11) is 0. The fraction of sp³-hybridized carbons (Fsp3) is 0.158. The van der Waals surface area contributed by atoms with E-state index in [0.29, 0.717) is 11.3 Å². The van der Waals surface area contributed by atoms with Crippen LogP contribution in [0.25, 0.3) is 11.5 Å². The van der Waals surface area contributed by atoms with Crippen molar-refractivity contribution in [3.8, 4) is 11.5 Å². The molecule has 2 aromatic carbocycles. The number of hydrogen-bond acceptors (Lipinski definition) is 6. The predicted molar refractivity (Wildman–Crippen MR) is 105 cm³/mol. The lowest BCUT2D eigenvalue weighted by Gasteiger charge is -2.13. The van der Waals surface area contributed by atoms with Crippen molar-refractivity contribution in [2.24, 2.45) is 0 Å². The van der Waals surface area contributed by atoms with E-state index < -0.39 is 17.6 Å². The Balaban J connectivity index is 1.59. The van der Waals surface area contributed by atoms with Crippen LogP contribution in [0.2, 0.25) is 0 Å². The van der Waals surface area contributed by atoms with E-state index in [1.807, 2.05) is 0 Å². The average molecular weight is 436 g/mol. The van der Waals surface area contributed by atoms with Crippen LogP contribution in [-0.4, -0.2) is 27.8 Å². The zero-order valence-corrected chi connectivity index (χ0v) is 16.3. The Labute approximate surface area is 173 Å². The monoisotopic (exact) mass is 436 g/mol. The number of thioether (sulfide) groups is 1. The van der Waals surface area contributed by atoms with Crippen molar-refractivity contribution < 1.29 is 27.2 Å². The van der Waals surface area contributed by atoms with Crippen molar-refractivity contribution in [3.05, 3.63) is 54.1 Å². The molecule has 1 aromatic heterocycles. The van der Waals surface area contributed by atoms with Gasteiger partial charge >= 0.3 is 6.18 Å². The molecule has 2 amide bonds. The van der Waals surface area contributed by atoms with E-state index in [1.54, 1.807) is 24.3 Å². The number of carbonyl (C=O) groups excluding carboxylic acids is 2. The Bertz CT molecular complexity index is 1050. The van der Waals surface area contributed by atoms with Crippen LogP contribution in [0.3, 0.4) is 0 Å². The molecule has 7 nitrogen and oxygen atoms in total. The van der Waals surface area contributed by atoms with Crippen molar-refractivity contribution in [3.63, 3.8) is 0 Å². The number of hydrogen-bond donors (Lipinski definition) is 2. The molecule has 1 heterocycles. The van der Waals surface area contributed by atoms with E-state index in [-0.39, 0.29) is 28.5 Å². The molecular formula is C19H15F3N4O3S. The first kappa shape index (κ1) is 21.4. The lowest BCUT2D eigenvalue weighted by Crippen LogP contribution is -2.18. The number of benzene rings is 2. The van der Waals surface area contributed by atoms with Crippen LogP contribution < -0.4 is 10.6 Å². The smallest absolute Gasteiger partial charge is 0.411 e. The molecule has 0 unspecified atom stereocenters. The number of halogens is 3. The van der Waals surface area contributed by atoms with Gasteiger partial charge in [0.05, 0.1) is 17.0 Å². The standard InChI is InChI=1S/C19H15F3N4O3S/c1-11(27)23-13-8-6-12(7-9-13)17-25-26-18(29-17)30-10-16(28)24-15-5-3-2-4-14(15)19(20,21)22/h2-9H,10H2,1H3,(H,23,27)(H,24,28). The van der Waals surface area contributed by atoms with Crippen molar-refractivity contribution >= 4 is 35.0 Å². The fourth-order valence-corrected chi connectivity index (χ4v) is 3.00. The Morgan fingerprint density at radius 3 is 2.40 bits per heavy atom. The maximum atomic E-state index is 13.0. The number of carbonyl (C=O) groups is 2. The topological polar surface area (TPSA) is 97.1 Å². The van der Waals surface area contributed by atoms with Crippen molar-refractivity contribution in [2.75, 3.05) is 16.4 Å². The number of rotatable bonds is 6. The van der Waals surface area contributed by atoms with E-state index in [1.165, 1.54) is 25.1 Å². The third kappa shape index (κ3) is 5.60. The second-order valence-electron chi connectivity index (χ2n) is 6.01. The lowest BCUT2D eigenvalue weighted by molar-refractivity contribution is -0.137. The Morgan fingerprint density at radius 1 is 1.03 bits per heavy atom. The SMILES string of the molecule is CC(=O)Nc1ccc(-c2nnc(SCC(=O)Nc3ccccc3C(F)(F)F)o2)cc1. The van der Waals surface area contributed by atoms with Gasteiger partial charge in [-0.2, -0.15) is 13.2 Å². The number of nitrogens with zero attached hydrogens (tertiary/aromatic N) is 2. The van der Waals surface area contributed by atoms with Crippen LogP contribution >= 0.6 is 11.8 Å². The molecule has 0 saturated heterocycles. The summed E-state index contributed by atoms with van der Waals surface area (Å²) < 4.78 is 44.4. The molecule has 3 aromatic rings. The average Bonchev–Trinajstić information content (AvgIpc) is 3.15. The summed E-state index contributed by atoms with van der Waals surface area (Å²) in [4.78, 5) is 23.1. The highest BCUT2D eigenvalue weighted by molar-refractivity contribution is 7.99. The minimum absolute atomic E-state index is 0.0928. The van der Waals surface area contributed by atoms with Crippen LogP contribution in [0.5, 0.6) is 0 Å². The van der Waals surface area contributed by atoms with Crippen molar-refractivity contribution in [2.45, 2.75) is 18.3 Å². The molecule has 2 N–H and O–H groups in total. The minimum atomic E-state index is -4.58. The third-order valence-electron chi connectivity index (χ3n) is 3.69. The van der Waals surface area contributed by atoms with Crippen LogP contribution in [0.4, 0.5) is 24.5 Å². The zero-order valence-electron chi connectivity index (χ0n) is 15.5. The molecule has 0 aliphatic heterocycles. The predicted octanol–water partition coefficient (Wildman–Crippen LogP) is 4.44. The molecule has 0 atom stereocenters. The summed E-state index contributed by atoms with van der Waals surface area (Å²) in [6.45, 7) is 1.40. The number of nitrogens with one attached hydrogen (secondary N) is 2. The second kappa shape index (κ2) is 8.99. The highest BCUT2D eigenvalue weighted by atomic mass is 32.2. The zero-order chi connectivity index (χ0) is 21.7. The third-order valence-corrected chi connectivity index (χ3v) is 4.51. The second-order valence-corrected chi connectivity index (χ2v) is 6.94. The number of anilines is 2. The van der Waals surface area contributed by atoms with Gasteiger partial charge in [0.25, 0.3) is 5.22 Å². The molecule has 0 aliphatic carbocycles. The molecule has 0 spiro atoms. The molecule has 0 bridgehead atoms. The van der Waals surface area contributed by atoms with Gasteiger partial charge in [0.1, 0.15) is 0 Å². The number of aromatic nitrogens is 2. The molecule has 3 rings (SSSR count). The largest absolute Gasteiger partial charge is 0.418 e. The quantitative estimate of drug-likeness (QED) is 0.555. The van der Waals surface area contributed by atoms with Crippen LogP contribution in [0.15, 0.2) is 58.2 Å². The summed E-state index contributed by atoms with van der Waals surface area (Å²) in [5, 5.41) is 12.7. The van der Waals surface area contributed by atoms with Gasteiger partial charge in [0.2, 0.25) is 17.7 Å². The van der Waals surface area contributed by atoms with Crippen LogP contribution in [0, 0.1) is 0 Å². The normalized spacial score (nSPS) is 11.2. The summed E-state index contributed by atoms with van der Waals surface area (Å²) >= 11 is 0.898. The van der Waals surface area contributed by atoms with Gasteiger partial charge in [-0.05, 0) is 36.4 Å². The first-order chi connectivity index (χ1) is 14.2. The van der Waals surface area contributed by atoms with Gasteiger partial charge in [0.15, 0.2) is 0 Å². The number of amides is 2. The van der Waals surface area contributed by atoms with Crippen LogP contribution in [0.1, 0.15) is 12.5 Å². The first-order valence-electron chi connectivity index (χ1n) is 8.53.